The van der Waals surface area contributed by atoms with Crippen LogP contribution >= 0.6 is 0 Å². The van der Waals surface area contributed by atoms with Gasteiger partial charge in [0.15, 0.2) is 5.82 Å². The van der Waals surface area contributed by atoms with Crippen LogP contribution in [0.4, 0.5) is 5.95 Å². The lowest BCUT2D eigenvalue weighted by Crippen LogP contribution is -2.05. The number of hydrogen-bond donors (Lipinski definition) is 1. The minimum Gasteiger partial charge on any atom is -0.490 e. The summed E-state index contributed by atoms with van der Waals surface area (Å²) in [7, 11) is 1.77. The Morgan fingerprint density at radius 2 is 1.90 bits per heavy atom. The average molecular weight is 286 g/mol. The zero-order valence-electron chi connectivity index (χ0n) is 12.2. The topological polar surface area (TPSA) is 69.2 Å². The van der Waals surface area contributed by atoms with Gasteiger partial charge < -0.3 is 14.8 Å². The highest BCUT2D eigenvalue weighted by Gasteiger charge is 2.23. The molecule has 1 aliphatic carbocycles. The number of anilines is 1. The molecule has 6 heteroatoms. The van der Waals surface area contributed by atoms with E-state index in [1.165, 1.54) is 0 Å². The molecule has 1 saturated carbocycles. The van der Waals surface area contributed by atoms with Gasteiger partial charge in [0, 0.05) is 12.6 Å². The second-order valence-corrected chi connectivity index (χ2v) is 4.79. The number of ether oxygens (including phenoxy) is 2. The van der Waals surface area contributed by atoms with Gasteiger partial charge in [0.1, 0.15) is 5.75 Å². The summed E-state index contributed by atoms with van der Waals surface area (Å²) in [6.45, 7) is 2.41. The van der Waals surface area contributed by atoms with Crippen LogP contribution in [-0.4, -0.2) is 34.7 Å². The standard InChI is InChI=1S/C15H18N4O2/c1-3-20-15-18-13(17-14(16-2)19-15)10-4-6-11(7-5-10)21-12-8-9-12/h4-7,12H,3,8-9H2,1-2H3,(H,16,17,18,19). The largest absolute Gasteiger partial charge is 0.490 e. The first-order valence-electron chi connectivity index (χ1n) is 7.12. The van der Waals surface area contributed by atoms with Gasteiger partial charge >= 0.3 is 6.01 Å². The molecule has 1 aromatic heterocycles. The van der Waals surface area contributed by atoms with Crippen LogP contribution in [0.25, 0.3) is 11.4 Å². The lowest BCUT2D eigenvalue weighted by atomic mass is 10.2. The lowest BCUT2D eigenvalue weighted by molar-refractivity contribution is 0.303. The number of hydrogen-bond acceptors (Lipinski definition) is 6. The van der Waals surface area contributed by atoms with Crippen molar-refractivity contribution < 1.29 is 9.47 Å². The third-order valence-corrected chi connectivity index (χ3v) is 3.05. The van der Waals surface area contributed by atoms with E-state index in [4.69, 9.17) is 9.47 Å². The Balaban J connectivity index is 1.85. The molecule has 21 heavy (non-hydrogen) atoms. The van der Waals surface area contributed by atoms with Crippen molar-refractivity contribution in [1.29, 1.82) is 0 Å². The van der Waals surface area contributed by atoms with Crippen LogP contribution in [0.3, 0.4) is 0 Å². The van der Waals surface area contributed by atoms with Gasteiger partial charge in [-0.3, -0.25) is 0 Å². The normalized spacial score (nSPS) is 13.8. The minimum absolute atomic E-state index is 0.324. The molecular formula is C15H18N4O2. The highest BCUT2D eigenvalue weighted by Crippen LogP contribution is 2.28. The van der Waals surface area contributed by atoms with E-state index in [-0.39, 0.29) is 0 Å². The molecule has 110 valence electrons. The predicted molar refractivity (Wildman–Crippen MR) is 79.6 cm³/mol. The minimum atomic E-state index is 0.324. The van der Waals surface area contributed by atoms with Crippen molar-refractivity contribution in [3.05, 3.63) is 24.3 Å². The van der Waals surface area contributed by atoms with Crippen molar-refractivity contribution >= 4 is 5.95 Å². The number of nitrogens with one attached hydrogen (secondary N) is 1. The molecule has 3 rings (SSSR count). The molecule has 0 unspecified atom stereocenters. The molecule has 0 radical (unpaired) electrons. The predicted octanol–water partition coefficient (Wildman–Crippen LogP) is 2.52. The lowest BCUT2D eigenvalue weighted by Gasteiger charge is -2.08. The van der Waals surface area contributed by atoms with Crippen molar-refractivity contribution in [1.82, 2.24) is 15.0 Å². The third kappa shape index (κ3) is 3.39. The first-order valence-corrected chi connectivity index (χ1v) is 7.12. The Hall–Kier alpha value is -2.37. The van der Waals surface area contributed by atoms with Crippen LogP contribution < -0.4 is 14.8 Å². The molecule has 1 heterocycles. The van der Waals surface area contributed by atoms with Crippen molar-refractivity contribution in [3.8, 4) is 23.1 Å². The SMILES string of the molecule is CCOc1nc(NC)nc(-c2ccc(OC3CC3)cc2)n1. The molecule has 0 bridgehead atoms. The van der Waals surface area contributed by atoms with E-state index in [1.807, 2.05) is 31.2 Å². The van der Waals surface area contributed by atoms with Crippen LogP contribution in [0.5, 0.6) is 11.8 Å². The molecule has 0 atom stereocenters. The van der Waals surface area contributed by atoms with Crippen LogP contribution in [0.1, 0.15) is 19.8 Å². The maximum atomic E-state index is 5.73. The summed E-state index contributed by atoms with van der Waals surface area (Å²) in [6.07, 6.45) is 2.70. The maximum absolute atomic E-state index is 5.73. The highest BCUT2D eigenvalue weighted by atomic mass is 16.5. The maximum Gasteiger partial charge on any atom is 0.321 e. The van der Waals surface area contributed by atoms with E-state index in [9.17, 15) is 0 Å². The molecular weight excluding hydrogens is 268 g/mol. The summed E-state index contributed by atoms with van der Waals surface area (Å²) in [5.74, 6) is 1.95. The Bertz CT molecular complexity index is 612. The summed E-state index contributed by atoms with van der Waals surface area (Å²) in [6, 6.07) is 8.10. The van der Waals surface area contributed by atoms with E-state index in [0.29, 0.717) is 30.5 Å². The highest BCUT2D eigenvalue weighted by molar-refractivity contribution is 5.57. The first kappa shape index (κ1) is 13.6. The molecule has 0 aliphatic heterocycles. The molecule has 0 spiro atoms. The summed E-state index contributed by atoms with van der Waals surface area (Å²) in [5, 5.41) is 2.91. The third-order valence-electron chi connectivity index (χ3n) is 3.05. The second-order valence-electron chi connectivity index (χ2n) is 4.79. The van der Waals surface area contributed by atoms with Gasteiger partial charge in [0.25, 0.3) is 0 Å². The number of nitrogens with zero attached hydrogens (tertiary/aromatic N) is 3. The first-order chi connectivity index (χ1) is 10.3. The van der Waals surface area contributed by atoms with Crippen LogP contribution in [0, 0.1) is 0 Å². The molecule has 0 amide bonds. The van der Waals surface area contributed by atoms with Crippen molar-refractivity contribution in [3.63, 3.8) is 0 Å². The van der Waals surface area contributed by atoms with Gasteiger partial charge in [0.2, 0.25) is 5.95 Å². The van der Waals surface area contributed by atoms with Crippen LogP contribution in [-0.2, 0) is 0 Å². The van der Waals surface area contributed by atoms with Gasteiger partial charge in [-0.25, -0.2) is 0 Å². The fourth-order valence-corrected chi connectivity index (χ4v) is 1.85. The van der Waals surface area contributed by atoms with E-state index < -0.39 is 0 Å². The van der Waals surface area contributed by atoms with Crippen molar-refractivity contribution in [2.75, 3.05) is 19.0 Å². The van der Waals surface area contributed by atoms with Crippen LogP contribution in [0.2, 0.25) is 0 Å². The second kappa shape index (κ2) is 5.95. The summed E-state index contributed by atoms with van der Waals surface area (Å²) < 4.78 is 11.1. The molecule has 0 saturated heterocycles. The molecule has 1 fully saturated rings. The summed E-state index contributed by atoms with van der Waals surface area (Å²) in [4.78, 5) is 12.8. The summed E-state index contributed by atoms with van der Waals surface area (Å²) >= 11 is 0. The van der Waals surface area contributed by atoms with Gasteiger partial charge in [-0.05, 0) is 44.0 Å². The fraction of sp³-hybridized carbons (Fsp3) is 0.400. The monoisotopic (exact) mass is 286 g/mol. The number of aromatic nitrogens is 3. The zero-order valence-corrected chi connectivity index (χ0v) is 12.2. The van der Waals surface area contributed by atoms with Gasteiger partial charge in [-0.1, -0.05) is 0 Å². The zero-order chi connectivity index (χ0) is 14.7. The molecule has 1 N–H and O–H groups in total. The van der Waals surface area contributed by atoms with E-state index in [1.54, 1.807) is 7.05 Å². The molecule has 2 aromatic rings. The molecule has 6 nitrogen and oxygen atoms in total. The Morgan fingerprint density at radius 1 is 1.14 bits per heavy atom. The molecule has 1 aliphatic rings. The summed E-state index contributed by atoms with van der Waals surface area (Å²) in [5.41, 5.74) is 0.901. The van der Waals surface area contributed by atoms with Gasteiger partial charge in [0.05, 0.1) is 12.7 Å². The van der Waals surface area contributed by atoms with E-state index in [0.717, 1.165) is 24.2 Å². The Labute approximate surface area is 123 Å². The van der Waals surface area contributed by atoms with Crippen LogP contribution in [0.15, 0.2) is 24.3 Å². The number of benzene rings is 1. The average Bonchev–Trinajstić information content (AvgIpc) is 3.32. The van der Waals surface area contributed by atoms with Gasteiger partial charge in [-0.15, -0.1) is 0 Å². The van der Waals surface area contributed by atoms with Gasteiger partial charge in [-0.2, -0.15) is 15.0 Å². The van der Waals surface area contributed by atoms with E-state index >= 15 is 0 Å². The van der Waals surface area contributed by atoms with Crippen molar-refractivity contribution in [2.24, 2.45) is 0 Å². The van der Waals surface area contributed by atoms with E-state index in [2.05, 4.69) is 20.3 Å². The quantitative estimate of drug-likeness (QED) is 0.880. The fourth-order valence-electron chi connectivity index (χ4n) is 1.85. The van der Waals surface area contributed by atoms with Crippen molar-refractivity contribution in [2.45, 2.75) is 25.9 Å². The molecule has 1 aromatic carbocycles. The smallest absolute Gasteiger partial charge is 0.321 e. The number of rotatable bonds is 6. The Kier molecular flexibility index (Phi) is 3.85. The Morgan fingerprint density at radius 3 is 2.52 bits per heavy atom.